The molecule has 0 radical (unpaired) electrons. The average Bonchev–Trinajstić information content (AvgIpc) is 3.54. The quantitative estimate of drug-likeness (QED) is 0.303. The number of rotatable bonds is 6. The van der Waals surface area contributed by atoms with Crippen LogP contribution in [0.4, 0.5) is 10.3 Å². The van der Waals surface area contributed by atoms with Gasteiger partial charge in [-0.25, -0.2) is 19.3 Å². The van der Waals surface area contributed by atoms with Gasteiger partial charge in [0.25, 0.3) is 0 Å². The molecule has 2 aromatic carbocycles. The van der Waals surface area contributed by atoms with Crippen LogP contribution in [0.25, 0.3) is 33.5 Å². The van der Waals surface area contributed by atoms with Crippen LogP contribution in [0.15, 0.2) is 67.0 Å². The van der Waals surface area contributed by atoms with Gasteiger partial charge in [-0.3, -0.25) is 0 Å². The predicted octanol–water partition coefficient (Wildman–Crippen LogP) is 6.37. The average molecular weight is 487 g/mol. The minimum atomic E-state index is -0.268. The van der Waals surface area contributed by atoms with E-state index in [0.29, 0.717) is 5.95 Å². The third kappa shape index (κ3) is 3.96. The summed E-state index contributed by atoms with van der Waals surface area (Å²) in [5.41, 5.74) is 4.57. The molecule has 8 heteroatoms. The van der Waals surface area contributed by atoms with Crippen LogP contribution in [0.2, 0.25) is 5.02 Å². The molecular weight excluding hydrogens is 463 g/mol. The molecule has 0 unspecified atom stereocenters. The Kier molecular flexibility index (Phi) is 5.49. The summed E-state index contributed by atoms with van der Waals surface area (Å²) in [6.07, 6.45) is 5.73. The third-order valence-electron chi connectivity index (χ3n) is 6.54. The van der Waals surface area contributed by atoms with E-state index >= 15 is 0 Å². The molecule has 0 saturated heterocycles. The molecule has 3 aromatic heterocycles. The van der Waals surface area contributed by atoms with E-state index < -0.39 is 0 Å². The molecule has 5 aromatic rings. The number of aromatic nitrogens is 5. The molecule has 1 aliphatic heterocycles. The monoisotopic (exact) mass is 486 g/mol. The smallest absolute Gasteiger partial charge is 0.223 e. The number of fused-ring (bicyclic) bond motifs is 2. The van der Waals surface area contributed by atoms with Gasteiger partial charge < -0.3 is 14.5 Å². The summed E-state index contributed by atoms with van der Waals surface area (Å²) < 4.78 is 18.3. The van der Waals surface area contributed by atoms with E-state index in [0.717, 1.165) is 70.3 Å². The second kappa shape index (κ2) is 8.82. The Morgan fingerprint density at radius 1 is 1.09 bits per heavy atom. The summed E-state index contributed by atoms with van der Waals surface area (Å²) in [5, 5.41) is 5.06. The van der Waals surface area contributed by atoms with E-state index in [-0.39, 0.29) is 11.9 Å². The lowest BCUT2D eigenvalue weighted by Crippen LogP contribution is -2.14. The van der Waals surface area contributed by atoms with Gasteiger partial charge in [0.15, 0.2) is 0 Å². The van der Waals surface area contributed by atoms with E-state index in [9.17, 15) is 4.39 Å². The fraction of sp³-hybridized carbons (Fsp3) is 0.222. The van der Waals surface area contributed by atoms with Crippen LogP contribution < -0.4 is 5.32 Å². The van der Waals surface area contributed by atoms with Gasteiger partial charge in [0.1, 0.15) is 11.6 Å². The van der Waals surface area contributed by atoms with Gasteiger partial charge in [0, 0.05) is 53.4 Å². The molecule has 1 aliphatic rings. The zero-order valence-corrected chi connectivity index (χ0v) is 20.0. The van der Waals surface area contributed by atoms with Gasteiger partial charge in [-0.15, -0.1) is 0 Å². The largest absolute Gasteiger partial charge is 0.354 e. The highest BCUT2D eigenvalue weighted by Gasteiger charge is 2.31. The summed E-state index contributed by atoms with van der Waals surface area (Å²) in [7, 11) is 0. The molecule has 0 spiro atoms. The van der Waals surface area contributed by atoms with Crippen molar-refractivity contribution in [2.24, 2.45) is 0 Å². The van der Waals surface area contributed by atoms with E-state index in [1.807, 2.05) is 25.1 Å². The number of nitrogens with one attached hydrogen (secondary N) is 1. The van der Waals surface area contributed by atoms with Crippen LogP contribution in [0.1, 0.15) is 25.2 Å². The van der Waals surface area contributed by atoms with Crippen molar-refractivity contribution in [3.05, 3.63) is 83.7 Å². The molecule has 176 valence electrons. The Balaban J connectivity index is 1.47. The van der Waals surface area contributed by atoms with Crippen LogP contribution in [-0.2, 0) is 13.0 Å². The molecule has 0 fully saturated rings. The van der Waals surface area contributed by atoms with Crippen molar-refractivity contribution in [3.8, 4) is 22.6 Å². The second-order valence-corrected chi connectivity index (χ2v) is 9.20. The first-order valence-electron chi connectivity index (χ1n) is 11.8. The molecule has 6 rings (SSSR count). The van der Waals surface area contributed by atoms with Crippen molar-refractivity contribution in [2.75, 3.05) is 11.9 Å². The molecule has 0 saturated carbocycles. The summed E-state index contributed by atoms with van der Waals surface area (Å²) in [5.74, 6) is 1.33. The maximum Gasteiger partial charge on any atom is 0.223 e. The van der Waals surface area contributed by atoms with Gasteiger partial charge in [-0.05, 0) is 67.9 Å². The zero-order valence-electron chi connectivity index (χ0n) is 19.2. The highest BCUT2D eigenvalue weighted by atomic mass is 35.5. The van der Waals surface area contributed by atoms with Gasteiger partial charge in [0.2, 0.25) is 5.95 Å². The van der Waals surface area contributed by atoms with E-state index in [2.05, 4.69) is 37.8 Å². The molecule has 0 bridgehead atoms. The third-order valence-corrected chi connectivity index (χ3v) is 6.78. The molecule has 0 amide bonds. The number of hydrogen-bond acceptors (Lipinski definition) is 4. The molecule has 1 N–H and O–H groups in total. The lowest BCUT2D eigenvalue weighted by molar-refractivity contribution is 0.459. The van der Waals surface area contributed by atoms with Gasteiger partial charge >= 0.3 is 0 Å². The van der Waals surface area contributed by atoms with Crippen molar-refractivity contribution < 1.29 is 4.39 Å². The normalized spacial score (nSPS) is 15.0. The molecule has 1 atom stereocenters. The summed E-state index contributed by atoms with van der Waals surface area (Å²) >= 11 is 6.20. The van der Waals surface area contributed by atoms with Crippen LogP contribution in [0.3, 0.4) is 0 Å². The zero-order chi connectivity index (χ0) is 23.9. The number of imidazole rings is 1. The standard InChI is InChI=1S/C27H24ClFN6/c1-2-30-27-31-13-11-22(32-27)26-25(17-3-6-20(29)7-4-17)33-24-10-8-21(35(24)26)16-34-14-12-18-15-19(28)5-9-23(18)34/h3-7,9,11-15,21H,2,8,10,16H2,1H3,(H,30,31,32)/t21-/m0/s1. The van der Waals surface area contributed by atoms with Crippen LogP contribution in [-0.4, -0.2) is 30.6 Å². The predicted molar refractivity (Wildman–Crippen MR) is 137 cm³/mol. The SMILES string of the molecule is CCNc1nccc(-c2c(-c3ccc(F)cc3)nc3n2[C@H](Cn2ccc4cc(Cl)ccc42)CC3)n1. The lowest BCUT2D eigenvalue weighted by atomic mass is 10.1. The Labute approximate surface area is 207 Å². The molecular formula is C27H24ClFN6. The Morgan fingerprint density at radius 2 is 1.94 bits per heavy atom. The van der Waals surface area contributed by atoms with Crippen LogP contribution >= 0.6 is 11.6 Å². The van der Waals surface area contributed by atoms with E-state index in [4.69, 9.17) is 21.6 Å². The van der Waals surface area contributed by atoms with Gasteiger partial charge in [-0.1, -0.05) is 11.6 Å². The minimum absolute atomic E-state index is 0.200. The van der Waals surface area contributed by atoms with Crippen molar-refractivity contribution in [1.82, 2.24) is 24.1 Å². The maximum atomic E-state index is 13.7. The van der Waals surface area contributed by atoms with Crippen molar-refractivity contribution in [3.63, 3.8) is 0 Å². The van der Waals surface area contributed by atoms with Crippen LogP contribution in [0, 0.1) is 5.82 Å². The van der Waals surface area contributed by atoms with Crippen LogP contribution in [0.5, 0.6) is 0 Å². The van der Waals surface area contributed by atoms with Crippen molar-refractivity contribution >= 4 is 28.5 Å². The van der Waals surface area contributed by atoms with E-state index in [1.54, 1.807) is 18.3 Å². The lowest BCUT2D eigenvalue weighted by Gasteiger charge is -2.19. The van der Waals surface area contributed by atoms with E-state index in [1.165, 1.54) is 12.1 Å². The first kappa shape index (κ1) is 21.8. The number of aryl methyl sites for hydroxylation is 1. The van der Waals surface area contributed by atoms with Crippen molar-refractivity contribution in [1.29, 1.82) is 0 Å². The first-order valence-corrected chi connectivity index (χ1v) is 12.2. The Morgan fingerprint density at radius 3 is 2.77 bits per heavy atom. The molecule has 0 aliphatic carbocycles. The highest BCUT2D eigenvalue weighted by molar-refractivity contribution is 6.31. The maximum absolute atomic E-state index is 13.7. The number of benzene rings is 2. The number of anilines is 1. The molecule has 6 nitrogen and oxygen atoms in total. The fourth-order valence-electron chi connectivity index (χ4n) is 4.99. The Hall–Kier alpha value is -3.71. The van der Waals surface area contributed by atoms with Crippen molar-refractivity contribution in [2.45, 2.75) is 32.4 Å². The van der Waals surface area contributed by atoms with Gasteiger partial charge in [-0.2, -0.15) is 0 Å². The fourth-order valence-corrected chi connectivity index (χ4v) is 5.17. The van der Waals surface area contributed by atoms with Gasteiger partial charge in [0.05, 0.1) is 23.1 Å². The summed E-state index contributed by atoms with van der Waals surface area (Å²) in [4.78, 5) is 14.2. The highest BCUT2D eigenvalue weighted by Crippen LogP contribution is 2.40. The number of nitrogens with zero attached hydrogens (tertiary/aromatic N) is 5. The minimum Gasteiger partial charge on any atom is -0.354 e. The summed E-state index contributed by atoms with van der Waals surface area (Å²) in [6.45, 7) is 3.54. The molecule has 35 heavy (non-hydrogen) atoms. The second-order valence-electron chi connectivity index (χ2n) is 8.76. The summed E-state index contributed by atoms with van der Waals surface area (Å²) in [6, 6.07) is 16.7. The number of halogens is 2. The Bertz CT molecular complexity index is 1520. The first-order chi connectivity index (χ1) is 17.1. The number of hydrogen-bond donors (Lipinski definition) is 1. The molecule has 4 heterocycles. The topological polar surface area (TPSA) is 60.6 Å².